The van der Waals surface area contributed by atoms with Gasteiger partial charge in [-0.15, -0.1) is 0 Å². The Hall–Kier alpha value is -2.18. The molecule has 1 aliphatic rings. The molecule has 5 radical (unpaired) electrons. The van der Waals surface area contributed by atoms with Crippen LogP contribution in [0.15, 0.2) is 24.3 Å². The number of benzene rings is 1. The number of nitrogens with zero attached hydrogens (tertiary/aromatic N) is 6. The fourth-order valence-electron chi connectivity index (χ4n) is 1.36. The molecule has 1 fully saturated rings. The molecule has 0 unspecified atom stereocenters. The summed E-state index contributed by atoms with van der Waals surface area (Å²) in [6, 6.07) is 6.44. The lowest BCUT2D eigenvalue weighted by atomic mass is 10.2. The number of aliphatic hydroxyl groups excluding tert-OH is 1. The van der Waals surface area contributed by atoms with Crippen molar-refractivity contribution in [3.05, 3.63) is 45.8 Å². The molecule has 0 bridgehead atoms. The lowest BCUT2D eigenvalue weighted by Gasteiger charge is -1.95. The third kappa shape index (κ3) is 2.39. The summed E-state index contributed by atoms with van der Waals surface area (Å²) in [4.78, 5) is 3.11. The molecule has 8 nitrogen and oxygen atoms in total. The molecule has 1 N–H and O–H groups in total. The average Bonchev–Trinajstić information content (AvgIpc) is 2.93. The number of methoxy groups -OCH3 is 1. The lowest BCUT2D eigenvalue weighted by molar-refractivity contribution is 0.231. The Kier molecular flexibility index (Phi) is 3.71. The molecule has 1 saturated heterocycles. The molecular weight excluding hydrogens is 236 g/mol. The van der Waals surface area contributed by atoms with Crippen molar-refractivity contribution in [2.75, 3.05) is 7.11 Å². The van der Waals surface area contributed by atoms with Crippen LogP contribution in [0, 0.1) is 11.6 Å². The SMILES string of the molecule is COC(O)=c1ccc(=C([N+]#N)[C]2[N][N][N][N]2)cc1. The van der Waals surface area contributed by atoms with Gasteiger partial charge in [-0.05, 0) is 35.3 Å². The summed E-state index contributed by atoms with van der Waals surface area (Å²) < 4.78 is 4.68. The van der Waals surface area contributed by atoms with E-state index >= 15 is 0 Å². The van der Waals surface area contributed by atoms with Crippen LogP contribution in [0.1, 0.15) is 0 Å². The monoisotopic (exact) mass is 244 g/mol. The molecule has 2 rings (SSSR count). The van der Waals surface area contributed by atoms with Crippen molar-refractivity contribution in [1.29, 1.82) is 5.39 Å². The number of hydrogen-bond donors (Lipinski definition) is 1. The van der Waals surface area contributed by atoms with E-state index in [-0.39, 0.29) is 17.8 Å². The Labute approximate surface area is 102 Å². The van der Waals surface area contributed by atoms with Crippen LogP contribution in [0.3, 0.4) is 0 Å². The smallest absolute Gasteiger partial charge is 0.413 e. The van der Waals surface area contributed by atoms with Gasteiger partial charge in [0.15, 0.2) is 4.98 Å². The van der Waals surface area contributed by atoms with Gasteiger partial charge < -0.3 is 9.84 Å². The van der Waals surface area contributed by atoms with Crippen molar-refractivity contribution in [3.63, 3.8) is 0 Å². The van der Waals surface area contributed by atoms with Crippen LogP contribution in [0.2, 0.25) is 0 Å². The third-order valence-corrected chi connectivity index (χ3v) is 2.23. The molecule has 0 aliphatic carbocycles. The summed E-state index contributed by atoms with van der Waals surface area (Å²) >= 11 is 0. The summed E-state index contributed by atoms with van der Waals surface area (Å²) in [5, 5.41) is 19.4. The highest BCUT2D eigenvalue weighted by Gasteiger charge is 2.36. The number of aliphatic hydroxyl groups is 1. The molecule has 1 aromatic rings. The second-order valence-corrected chi connectivity index (χ2v) is 3.24. The van der Waals surface area contributed by atoms with Crippen LogP contribution in [0.5, 0.6) is 0 Å². The maximum atomic E-state index is 9.37. The van der Waals surface area contributed by atoms with Crippen LogP contribution in [-0.2, 0) is 4.74 Å². The van der Waals surface area contributed by atoms with E-state index in [1.54, 1.807) is 24.3 Å². The predicted octanol–water partition coefficient (Wildman–Crippen LogP) is -1.42. The standard InChI is InChI=1S/C10H7N6O2/c1-18-10(17)7-4-2-6(3-5-7)8(12-11)9-13-15-16-14-9/h2-5H,1H3/p+1. The minimum atomic E-state index is -0.197. The fourth-order valence-corrected chi connectivity index (χ4v) is 1.36. The van der Waals surface area contributed by atoms with Gasteiger partial charge in [-0.1, -0.05) is 10.9 Å². The van der Waals surface area contributed by atoms with E-state index in [1.165, 1.54) is 7.11 Å². The summed E-state index contributed by atoms with van der Waals surface area (Å²) in [6.45, 7) is 0. The maximum absolute atomic E-state index is 9.37. The molecule has 1 heterocycles. The largest absolute Gasteiger partial charge is 0.481 e. The first kappa shape index (κ1) is 12.3. The first-order valence-electron chi connectivity index (χ1n) is 4.88. The van der Waals surface area contributed by atoms with Gasteiger partial charge in [-0.3, -0.25) is 0 Å². The Morgan fingerprint density at radius 1 is 1.17 bits per heavy atom. The summed E-state index contributed by atoms with van der Waals surface area (Å²) in [7, 11) is 1.36. The van der Waals surface area contributed by atoms with Crippen LogP contribution in [0.25, 0.3) is 16.6 Å². The molecule has 1 aromatic carbocycles. The lowest BCUT2D eigenvalue weighted by Crippen LogP contribution is -2.20. The first-order chi connectivity index (χ1) is 8.76. The molecule has 0 aromatic heterocycles. The number of rotatable bonds is 2. The first-order valence-corrected chi connectivity index (χ1v) is 4.88. The molecule has 18 heavy (non-hydrogen) atoms. The molecule has 0 saturated carbocycles. The van der Waals surface area contributed by atoms with Crippen LogP contribution < -0.4 is 32.4 Å². The highest BCUT2D eigenvalue weighted by molar-refractivity contribution is 5.63. The van der Waals surface area contributed by atoms with Gasteiger partial charge in [0.1, 0.15) is 0 Å². The number of diazo groups is 1. The van der Waals surface area contributed by atoms with Crippen LogP contribution >= 0.6 is 0 Å². The molecule has 8 heteroatoms. The Bertz CT molecular complexity index is 564. The molecule has 1 aliphatic heterocycles. The van der Waals surface area contributed by atoms with E-state index < -0.39 is 0 Å². The van der Waals surface area contributed by atoms with E-state index in [0.717, 1.165) is 0 Å². The third-order valence-electron chi connectivity index (χ3n) is 2.23. The van der Waals surface area contributed by atoms with Crippen molar-refractivity contribution >= 4 is 11.6 Å². The number of ether oxygens (including phenoxy) is 1. The minimum Gasteiger partial charge on any atom is -0.481 e. The summed E-state index contributed by atoms with van der Waals surface area (Å²) in [5.41, 5.74) is 13.9. The Morgan fingerprint density at radius 2 is 1.72 bits per heavy atom. The van der Waals surface area contributed by atoms with Gasteiger partial charge in [-0.25, -0.2) is 0 Å². The molecule has 0 atom stereocenters. The van der Waals surface area contributed by atoms with Crippen molar-refractivity contribution in [3.8, 4) is 0 Å². The van der Waals surface area contributed by atoms with Crippen molar-refractivity contribution in [2.24, 2.45) is 0 Å². The summed E-state index contributed by atoms with van der Waals surface area (Å²) in [6.07, 6.45) is 0.116. The average molecular weight is 244 g/mol. The maximum Gasteiger partial charge on any atom is 0.413 e. The van der Waals surface area contributed by atoms with Gasteiger partial charge in [0, 0.05) is 0 Å². The molecular formula is C10H8N6O2+. The van der Waals surface area contributed by atoms with Crippen molar-refractivity contribution in [2.45, 2.75) is 0 Å². The van der Waals surface area contributed by atoms with E-state index in [0.29, 0.717) is 10.4 Å². The van der Waals surface area contributed by atoms with Gasteiger partial charge in [0.05, 0.1) is 17.5 Å². The van der Waals surface area contributed by atoms with Gasteiger partial charge in [-0.2, -0.15) is 0 Å². The van der Waals surface area contributed by atoms with Gasteiger partial charge >= 0.3 is 5.70 Å². The topological polar surface area (TPSA) is 114 Å². The van der Waals surface area contributed by atoms with Crippen LogP contribution in [0.4, 0.5) is 0 Å². The quantitative estimate of drug-likeness (QED) is 0.644. The normalized spacial score (nSPS) is 15.1. The zero-order chi connectivity index (χ0) is 13.0. The zero-order valence-corrected chi connectivity index (χ0v) is 9.35. The second kappa shape index (κ2) is 5.44. The molecule has 89 valence electrons. The van der Waals surface area contributed by atoms with Gasteiger partial charge in [0.25, 0.3) is 12.1 Å². The fraction of sp³-hybridized carbons (Fsp3) is 0.100. The van der Waals surface area contributed by atoms with Crippen LogP contribution in [-0.4, -0.2) is 12.2 Å². The summed E-state index contributed by atoms with van der Waals surface area (Å²) in [5.74, 6) is -0.197. The number of hydrogen-bond acceptors (Lipinski definition) is 3. The molecule has 0 spiro atoms. The van der Waals surface area contributed by atoms with Gasteiger partial charge in [0.2, 0.25) is 5.39 Å². The highest BCUT2D eigenvalue weighted by Crippen LogP contribution is 2.11. The second-order valence-electron chi connectivity index (χ2n) is 3.24. The predicted molar refractivity (Wildman–Crippen MR) is 59.0 cm³/mol. The zero-order valence-electron chi connectivity index (χ0n) is 9.35. The minimum absolute atomic E-state index is 0.116. The van der Waals surface area contributed by atoms with E-state index in [4.69, 9.17) is 5.39 Å². The highest BCUT2D eigenvalue weighted by atomic mass is 16.6. The van der Waals surface area contributed by atoms with Crippen molar-refractivity contribution < 1.29 is 9.84 Å². The van der Waals surface area contributed by atoms with E-state index in [2.05, 4.69) is 31.6 Å². The molecule has 0 amide bonds. The van der Waals surface area contributed by atoms with E-state index in [9.17, 15) is 5.11 Å². The Balaban J connectivity index is 2.46. The van der Waals surface area contributed by atoms with Crippen molar-refractivity contribution in [1.82, 2.24) is 21.9 Å². The Morgan fingerprint density at radius 3 is 2.22 bits per heavy atom. The van der Waals surface area contributed by atoms with E-state index in [1.807, 2.05) is 0 Å².